The minimum Gasteiger partial charge on any atom is -0.511 e. The van der Waals surface area contributed by atoms with Crippen LogP contribution in [0.15, 0.2) is 47.7 Å². The van der Waals surface area contributed by atoms with Crippen LogP contribution in [0.2, 0.25) is 0 Å². The number of anilines is 2. The van der Waals surface area contributed by atoms with Crippen molar-refractivity contribution in [3.8, 4) is 5.75 Å². The Bertz CT molecular complexity index is 1270. The maximum atomic E-state index is 13.9. The van der Waals surface area contributed by atoms with Crippen molar-refractivity contribution in [2.45, 2.75) is 32.1 Å². The summed E-state index contributed by atoms with van der Waals surface area (Å²) in [5.74, 6) is -4.43. The first-order valence-corrected chi connectivity index (χ1v) is 12.9. The molecule has 2 aliphatic rings. The van der Waals surface area contributed by atoms with Crippen LogP contribution < -0.4 is 16.0 Å². The summed E-state index contributed by atoms with van der Waals surface area (Å²) < 4.78 is 0. The highest BCUT2D eigenvalue weighted by molar-refractivity contribution is 6.16. The molecule has 0 bridgehead atoms. The zero-order chi connectivity index (χ0) is 27.6. The quantitative estimate of drug-likeness (QED) is 0.236. The molecular weight excluding hydrogens is 486 g/mol. The van der Waals surface area contributed by atoms with Crippen LogP contribution >= 0.6 is 0 Å². The zero-order valence-electron chi connectivity index (χ0n) is 21.7. The number of hydrogen-bond acceptors (Lipinski definition) is 8. The highest BCUT2D eigenvalue weighted by Gasteiger charge is 2.46. The van der Waals surface area contributed by atoms with E-state index in [2.05, 4.69) is 5.32 Å². The molecule has 4 rings (SSSR count). The molecular formula is C29H35N3O6. The largest absolute Gasteiger partial charge is 0.511 e. The normalized spacial score (nSPS) is 20.5. The number of primary amides is 1. The highest BCUT2D eigenvalue weighted by atomic mass is 16.3. The van der Waals surface area contributed by atoms with Crippen LogP contribution in [0.4, 0.5) is 11.4 Å². The van der Waals surface area contributed by atoms with Gasteiger partial charge in [-0.05, 0) is 54.7 Å². The van der Waals surface area contributed by atoms with Gasteiger partial charge in [0.2, 0.25) is 5.91 Å². The van der Waals surface area contributed by atoms with Gasteiger partial charge < -0.3 is 31.3 Å². The molecule has 38 heavy (non-hydrogen) atoms. The van der Waals surface area contributed by atoms with E-state index in [0.717, 1.165) is 11.3 Å². The number of nitrogens with two attached hydrogens (primary N) is 1. The van der Waals surface area contributed by atoms with Crippen LogP contribution in [0.5, 0.6) is 5.75 Å². The van der Waals surface area contributed by atoms with Crippen LogP contribution in [0.25, 0.3) is 0 Å². The molecule has 0 spiro atoms. The van der Waals surface area contributed by atoms with Gasteiger partial charge in [-0.2, -0.15) is 0 Å². The maximum Gasteiger partial charge on any atom is 0.224 e. The Labute approximate surface area is 222 Å². The van der Waals surface area contributed by atoms with E-state index < -0.39 is 35.7 Å². The number of nitrogens with zero attached hydrogens (tertiary/aromatic N) is 1. The van der Waals surface area contributed by atoms with Gasteiger partial charge in [0.05, 0.1) is 23.6 Å². The second-order valence-corrected chi connectivity index (χ2v) is 10.3. The Morgan fingerprint density at radius 2 is 1.87 bits per heavy atom. The Balaban J connectivity index is 1.74. The van der Waals surface area contributed by atoms with Gasteiger partial charge in [-0.3, -0.25) is 14.4 Å². The van der Waals surface area contributed by atoms with E-state index in [1.165, 1.54) is 0 Å². The van der Waals surface area contributed by atoms with Gasteiger partial charge in [0.1, 0.15) is 11.5 Å². The van der Waals surface area contributed by atoms with Crippen molar-refractivity contribution in [1.29, 1.82) is 0 Å². The summed E-state index contributed by atoms with van der Waals surface area (Å²) in [6.07, 6.45) is 1.15. The maximum absolute atomic E-state index is 13.9. The third-order valence-electron chi connectivity index (χ3n) is 7.59. The predicted molar refractivity (Wildman–Crippen MR) is 144 cm³/mol. The number of aliphatic hydroxyl groups is 2. The smallest absolute Gasteiger partial charge is 0.224 e. The molecule has 0 fully saturated rings. The first-order chi connectivity index (χ1) is 18.1. The van der Waals surface area contributed by atoms with E-state index in [0.29, 0.717) is 37.1 Å². The number of aliphatic hydroxyl groups excluding tert-OH is 2. The molecule has 3 unspecified atom stereocenters. The fraction of sp³-hybridized carbons (Fsp3) is 0.414. The second kappa shape index (κ2) is 11.3. The van der Waals surface area contributed by atoms with Gasteiger partial charge >= 0.3 is 0 Å². The van der Waals surface area contributed by atoms with Gasteiger partial charge in [0, 0.05) is 38.5 Å². The van der Waals surface area contributed by atoms with Crippen LogP contribution in [-0.2, 0) is 22.4 Å². The minimum absolute atomic E-state index is 0.0935. The summed E-state index contributed by atoms with van der Waals surface area (Å²) in [4.78, 5) is 40.1. The Kier molecular flexibility index (Phi) is 8.06. The Morgan fingerprint density at radius 3 is 2.50 bits per heavy atom. The Hall–Kier alpha value is -3.85. The second-order valence-electron chi connectivity index (χ2n) is 10.3. The predicted octanol–water partition coefficient (Wildman–Crippen LogP) is 2.74. The minimum atomic E-state index is -1.10. The lowest BCUT2D eigenvalue weighted by molar-refractivity contribution is -0.130. The van der Waals surface area contributed by atoms with Gasteiger partial charge in [-0.25, -0.2) is 0 Å². The van der Waals surface area contributed by atoms with Gasteiger partial charge in [0.15, 0.2) is 11.6 Å². The average Bonchev–Trinajstić information content (AvgIpc) is 2.85. The number of aromatic hydroxyl groups is 1. The fourth-order valence-electron chi connectivity index (χ4n) is 5.90. The molecule has 9 nitrogen and oxygen atoms in total. The topological polar surface area (TPSA) is 153 Å². The molecule has 0 saturated carbocycles. The van der Waals surface area contributed by atoms with Crippen molar-refractivity contribution in [1.82, 2.24) is 0 Å². The van der Waals surface area contributed by atoms with E-state index >= 15 is 0 Å². The molecule has 0 aromatic heterocycles. The molecule has 0 heterocycles. The molecule has 2 aromatic carbocycles. The lowest BCUT2D eigenvalue weighted by Gasteiger charge is -2.39. The van der Waals surface area contributed by atoms with Gasteiger partial charge in [-0.1, -0.05) is 30.3 Å². The van der Waals surface area contributed by atoms with E-state index in [1.807, 2.05) is 55.4 Å². The lowest BCUT2D eigenvalue weighted by Crippen LogP contribution is -2.40. The van der Waals surface area contributed by atoms with Gasteiger partial charge in [0.25, 0.3) is 0 Å². The molecule has 9 heteroatoms. The number of carbonyl (C=O) groups is 3. The standard InChI is InChI=1S/C29H35N3O6/c1-32(2)21-14-20(31-10-8-16-6-4-3-5-7-16)27(36)26-19(21)13-18-12-17(9-11-33)24(22(34)15-23(30)35)28(37)25(18)29(26)38/h3-7,14,17-18,24,31,33,36-37H,8-13,15H2,1-2H3,(H2,30,35). The third-order valence-corrected chi connectivity index (χ3v) is 7.59. The number of carbonyl (C=O) groups excluding carboxylic acids is 3. The lowest BCUT2D eigenvalue weighted by atomic mass is 9.64. The highest BCUT2D eigenvalue weighted by Crippen LogP contribution is 2.50. The monoisotopic (exact) mass is 521 g/mol. The van der Waals surface area contributed by atoms with Gasteiger partial charge in [-0.15, -0.1) is 0 Å². The SMILES string of the molecule is CN(C)c1cc(NCCc2ccccc2)c(O)c2c1CC1CC(CCO)C(C(=O)CC(N)=O)C(O)=C1C2=O. The Morgan fingerprint density at radius 1 is 1.16 bits per heavy atom. The van der Waals surface area contributed by atoms with Crippen molar-refractivity contribution < 1.29 is 29.7 Å². The number of benzene rings is 2. The number of allylic oxidation sites excluding steroid dienone is 2. The molecule has 2 aromatic rings. The average molecular weight is 522 g/mol. The number of nitrogens with one attached hydrogen (secondary N) is 1. The van der Waals surface area contributed by atoms with E-state index in [4.69, 9.17) is 5.73 Å². The zero-order valence-corrected chi connectivity index (χ0v) is 21.7. The van der Waals surface area contributed by atoms with Crippen molar-refractivity contribution >= 4 is 28.8 Å². The number of ketones is 2. The van der Waals surface area contributed by atoms with Crippen LogP contribution in [0, 0.1) is 17.8 Å². The molecule has 0 saturated heterocycles. The fourth-order valence-corrected chi connectivity index (χ4v) is 5.90. The molecule has 6 N–H and O–H groups in total. The first kappa shape index (κ1) is 27.2. The summed E-state index contributed by atoms with van der Waals surface area (Å²) >= 11 is 0. The number of phenolic OH excluding ortho intramolecular Hbond substituents is 1. The van der Waals surface area contributed by atoms with E-state index in [9.17, 15) is 29.7 Å². The van der Waals surface area contributed by atoms with E-state index in [-0.39, 0.29) is 41.6 Å². The number of rotatable bonds is 10. The molecule has 0 radical (unpaired) electrons. The molecule has 1 amide bonds. The summed E-state index contributed by atoms with van der Waals surface area (Å²) in [7, 11) is 3.73. The number of Topliss-reactive ketones (excluding diaryl/α,β-unsaturated/α-hetero) is 2. The molecule has 2 aliphatic carbocycles. The van der Waals surface area contributed by atoms with Crippen LogP contribution in [-0.4, -0.2) is 60.0 Å². The number of fused-ring (bicyclic) bond motifs is 2. The van der Waals surface area contributed by atoms with E-state index in [1.54, 1.807) is 0 Å². The van der Waals surface area contributed by atoms with Crippen molar-refractivity contribution in [2.75, 3.05) is 37.5 Å². The molecule has 0 aliphatic heterocycles. The van der Waals surface area contributed by atoms with Crippen LogP contribution in [0.3, 0.4) is 0 Å². The number of amides is 1. The number of hydrogen-bond donors (Lipinski definition) is 5. The molecule has 3 atom stereocenters. The number of phenols is 1. The van der Waals surface area contributed by atoms with Crippen LogP contribution in [0.1, 0.15) is 40.7 Å². The molecule has 202 valence electrons. The summed E-state index contributed by atoms with van der Waals surface area (Å²) in [5.41, 5.74) is 8.42. The third kappa shape index (κ3) is 5.24. The van der Waals surface area contributed by atoms with Crippen molar-refractivity contribution in [3.63, 3.8) is 0 Å². The van der Waals surface area contributed by atoms with Crippen molar-refractivity contribution in [3.05, 3.63) is 64.4 Å². The van der Waals surface area contributed by atoms with Crippen molar-refractivity contribution in [2.24, 2.45) is 23.5 Å². The summed E-state index contributed by atoms with van der Waals surface area (Å²) in [6, 6.07) is 11.7. The summed E-state index contributed by atoms with van der Waals surface area (Å²) in [6.45, 7) is 0.327. The first-order valence-electron chi connectivity index (χ1n) is 12.9. The summed E-state index contributed by atoms with van der Waals surface area (Å²) in [5, 5.41) is 35.3.